The zero-order valence-electron chi connectivity index (χ0n) is 15.2. The summed E-state index contributed by atoms with van der Waals surface area (Å²) in [6, 6.07) is 3.66. The normalized spacial score (nSPS) is 15.9. The minimum absolute atomic E-state index is 0.293. The maximum absolute atomic E-state index is 11.9. The lowest BCUT2D eigenvalue weighted by Crippen LogP contribution is -2.46. The number of thiophene rings is 1. The number of nitrogens with one attached hydrogen (secondary N) is 2. The summed E-state index contributed by atoms with van der Waals surface area (Å²) in [4.78, 5) is 39.3. The Morgan fingerprint density at radius 2 is 2.14 bits per heavy atom. The first-order valence-electron chi connectivity index (χ1n) is 8.59. The van der Waals surface area contributed by atoms with Gasteiger partial charge in [-0.1, -0.05) is 0 Å². The van der Waals surface area contributed by atoms with Gasteiger partial charge in [-0.2, -0.15) is 0 Å². The highest BCUT2D eigenvalue weighted by atomic mass is 79.9. The first-order valence-corrected chi connectivity index (χ1v) is 10.2. The average molecular weight is 461 g/mol. The fraction of sp³-hybridized carbons (Fsp3) is 0.278. The number of carbonyl (C=O) groups is 2. The van der Waals surface area contributed by atoms with Crippen molar-refractivity contribution in [1.82, 2.24) is 25.2 Å². The SMILES string of the molecule is CC1(C)C(=O)NC(=O)N1CCNc1ncc(Br)c(-c2cc3ccncc3s2)n1. The fourth-order valence-electron chi connectivity index (χ4n) is 2.98. The van der Waals surface area contributed by atoms with Gasteiger partial charge in [-0.05, 0) is 47.3 Å². The Balaban J connectivity index is 1.50. The van der Waals surface area contributed by atoms with Crippen molar-refractivity contribution < 1.29 is 9.59 Å². The van der Waals surface area contributed by atoms with E-state index in [9.17, 15) is 9.59 Å². The van der Waals surface area contributed by atoms with E-state index < -0.39 is 5.54 Å². The van der Waals surface area contributed by atoms with E-state index >= 15 is 0 Å². The number of urea groups is 1. The number of nitrogens with zero attached hydrogens (tertiary/aromatic N) is 4. The summed E-state index contributed by atoms with van der Waals surface area (Å²) in [5.41, 5.74) is -0.0802. The number of fused-ring (bicyclic) bond motifs is 1. The van der Waals surface area contributed by atoms with Crippen molar-refractivity contribution in [3.63, 3.8) is 0 Å². The summed E-state index contributed by atoms with van der Waals surface area (Å²) in [7, 11) is 0. The molecular weight excluding hydrogens is 444 g/mol. The van der Waals surface area contributed by atoms with Crippen LogP contribution in [0.3, 0.4) is 0 Å². The zero-order chi connectivity index (χ0) is 19.9. The predicted octanol–water partition coefficient (Wildman–Crippen LogP) is 3.26. The molecule has 0 saturated carbocycles. The summed E-state index contributed by atoms with van der Waals surface area (Å²) >= 11 is 5.12. The van der Waals surface area contributed by atoms with Crippen molar-refractivity contribution in [1.29, 1.82) is 0 Å². The van der Waals surface area contributed by atoms with Crippen LogP contribution in [-0.2, 0) is 4.79 Å². The minimum atomic E-state index is -0.865. The highest BCUT2D eigenvalue weighted by molar-refractivity contribution is 9.10. The lowest BCUT2D eigenvalue weighted by atomic mass is 10.0. The molecule has 4 rings (SSSR count). The van der Waals surface area contributed by atoms with Crippen LogP contribution < -0.4 is 10.6 Å². The van der Waals surface area contributed by atoms with Gasteiger partial charge in [-0.15, -0.1) is 11.3 Å². The summed E-state index contributed by atoms with van der Waals surface area (Å²) in [5, 5.41) is 6.58. The lowest BCUT2D eigenvalue weighted by molar-refractivity contribution is -0.125. The number of anilines is 1. The number of aromatic nitrogens is 3. The third kappa shape index (κ3) is 3.33. The van der Waals surface area contributed by atoms with Gasteiger partial charge >= 0.3 is 6.03 Å². The Hall–Kier alpha value is -2.59. The van der Waals surface area contributed by atoms with E-state index in [1.54, 1.807) is 37.6 Å². The van der Waals surface area contributed by atoms with Crippen molar-refractivity contribution in [2.75, 3.05) is 18.4 Å². The van der Waals surface area contributed by atoms with E-state index in [2.05, 4.69) is 47.6 Å². The number of halogens is 1. The molecule has 4 heterocycles. The smallest absolute Gasteiger partial charge is 0.325 e. The van der Waals surface area contributed by atoms with Crippen LogP contribution in [0, 0.1) is 0 Å². The molecule has 1 aliphatic rings. The molecular formula is C18H17BrN6O2S. The van der Waals surface area contributed by atoms with Crippen LogP contribution in [0.15, 0.2) is 35.2 Å². The van der Waals surface area contributed by atoms with Crippen LogP contribution in [0.25, 0.3) is 20.7 Å². The van der Waals surface area contributed by atoms with E-state index in [0.29, 0.717) is 19.0 Å². The van der Waals surface area contributed by atoms with Crippen LogP contribution in [-0.4, -0.2) is 50.4 Å². The number of hydrogen-bond donors (Lipinski definition) is 2. The number of hydrogen-bond acceptors (Lipinski definition) is 7. The monoisotopic (exact) mass is 460 g/mol. The van der Waals surface area contributed by atoms with Gasteiger partial charge in [0.1, 0.15) is 11.2 Å². The van der Waals surface area contributed by atoms with Crippen LogP contribution >= 0.6 is 27.3 Å². The van der Waals surface area contributed by atoms with Crippen molar-refractivity contribution in [2.24, 2.45) is 0 Å². The highest BCUT2D eigenvalue weighted by Gasteiger charge is 2.44. The minimum Gasteiger partial charge on any atom is -0.352 e. The number of pyridine rings is 1. The van der Waals surface area contributed by atoms with E-state index in [1.807, 2.05) is 12.3 Å². The van der Waals surface area contributed by atoms with Crippen LogP contribution in [0.1, 0.15) is 13.8 Å². The van der Waals surface area contributed by atoms with E-state index in [0.717, 1.165) is 25.1 Å². The van der Waals surface area contributed by atoms with Crippen molar-refractivity contribution in [3.05, 3.63) is 35.2 Å². The first kappa shape index (κ1) is 18.8. The highest BCUT2D eigenvalue weighted by Crippen LogP contribution is 2.35. The molecule has 0 aromatic carbocycles. The maximum atomic E-state index is 11.9. The quantitative estimate of drug-likeness (QED) is 0.566. The second-order valence-corrected chi connectivity index (χ2v) is 8.75. The fourth-order valence-corrected chi connectivity index (χ4v) is 4.55. The first-order chi connectivity index (χ1) is 13.4. The standard InChI is InChI=1S/C18H17BrN6O2S/c1-18(2)15(26)24-17(27)25(18)6-5-21-16-22-8-11(19)14(23-16)12-7-10-3-4-20-9-13(10)28-12/h3-4,7-9H,5-6H2,1-2H3,(H,21,22,23)(H,24,26,27). The molecule has 3 amide bonds. The van der Waals surface area contributed by atoms with Gasteiger partial charge < -0.3 is 10.2 Å². The molecule has 0 radical (unpaired) electrons. The molecule has 0 atom stereocenters. The van der Waals surface area contributed by atoms with Gasteiger partial charge in [0.15, 0.2) is 0 Å². The summed E-state index contributed by atoms with van der Waals surface area (Å²) < 4.78 is 1.88. The van der Waals surface area contributed by atoms with Gasteiger partial charge in [0, 0.05) is 31.7 Å². The molecule has 1 aliphatic heterocycles. The molecule has 0 bridgehead atoms. The molecule has 1 fully saturated rings. The zero-order valence-corrected chi connectivity index (χ0v) is 17.6. The Bertz CT molecular complexity index is 1050. The van der Waals surface area contributed by atoms with Gasteiger partial charge in [0.05, 0.1) is 14.0 Å². The van der Waals surface area contributed by atoms with Gasteiger partial charge in [0.25, 0.3) is 5.91 Å². The molecule has 1 saturated heterocycles. The van der Waals surface area contributed by atoms with Gasteiger partial charge in [-0.25, -0.2) is 14.8 Å². The van der Waals surface area contributed by atoms with Crippen LogP contribution in [0.2, 0.25) is 0 Å². The van der Waals surface area contributed by atoms with Gasteiger partial charge in [0.2, 0.25) is 5.95 Å². The van der Waals surface area contributed by atoms with E-state index in [4.69, 9.17) is 0 Å². The maximum Gasteiger partial charge on any atom is 0.325 e. The van der Waals surface area contributed by atoms with Crippen molar-refractivity contribution in [3.8, 4) is 10.6 Å². The van der Waals surface area contributed by atoms with Crippen LogP contribution in [0.5, 0.6) is 0 Å². The number of carbonyl (C=O) groups excluding carboxylic acids is 2. The average Bonchev–Trinajstić information content (AvgIpc) is 3.17. The molecule has 28 heavy (non-hydrogen) atoms. The second-order valence-electron chi connectivity index (χ2n) is 6.81. The number of imide groups is 1. The van der Waals surface area contributed by atoms with Crippen molar-refractivity contribution in [2.45, 2.75) is 19.4 Å². The second kappa shape index (κ2) is 7.10. The van der Waals surface area contributed by atoms with Gasteiger partial charge in [-0.3, -0.25) is 15.1 Å². The predicted molar refractivity (Wildman–Crippen MR) is 111 cm³/mol. The largest absolute Gasteiger partial charge is 0.352 e. The molecule has 144 valence electrons. The molecule has 3 aromatic rings. The van der Waals surface area contributed by atoms with Crippen LogP contribution in [0.4, 0.5) is 10.7 Å². The Morgan fingerprint density at radius 3 is 2.86 bits per heavy atom. The molecule has 2 N–H and O–H groups in total. The molecule has 10 heteroatoms. The van der Waals surface area contributed by atoms with Crippen molar-refractivity contribution >= 4 is 55.2 Å². The molecule has 8 nitrogen and oxygen atoms in total. The number of rotatable bonds is 5. The molecule has 0 unspecified atom stereocenters. The lowest BCUT2D eigenvalue weighted by Gasteiger charge is -2.27. The Kier molecular flexibility index (Phi) is 4.76. The Morgan fingerprint density at radius 1 is 1.32 bits per heavy atom. The summed E-state index contributed by atoms with van der Waals surface area (Å²) in [6.07, 6.45) is 5.30. The third-order valence-corrected chi connectivity index (χ3v) is 6.29. The Labute approximate surface area is 173 Å². The molecule has 3 aromatic heterocycles. The molecule has 0 aliphatic carbocycles. The topological polar surface area (TPSA) is 100 Å². The number of amides is 3. The summed E-state index contributed by atoms with van der Waals surface area (Å²) in [5.74, 6) is 0.163. The summed E-state index contributed by atoms with van der Waals surface area (Å²) in [6.45, 7) is 4.21. The van der Waals surface area contributed by atoms with E-state index in [1.165, 1.54) is 4.90 Å². The molecule has 0 spiro atoms. The van der Waals surface area contributed by atoms with E-state index in [-0.39, 0.29) is 11.9 Å². The third-order valence-electron chi connectivity index (χ3n) is 4.62.